The van der Waals surface area contributed by atoms with Gasteiger partial charge in [-0.15, -0.1) is 0 Å². The van der Waals surface area contributed by atoms with Crippen LogP contribution in [-0.2, 0) is 4.74 Å². The van der Waals surface area contributed by atoms with E-state index in [1.165, 1.54) is 25.7 Å². The van der Waals surface area contributed by atoms with Crippen molar-refractivity contribution in [3.8, 4) is 0 Å². The molecular formula is C14H29NO. The molecule has 2 heteroatoms. The minimum Gasteiger partial charge on any atom is -0.376 e. The summed E-state index contributed by atoms with van der Waals surface area (Å²) in [6.07, 6.45) is 6.44. The van der Waals surface area contributed by atoms with Gasteiger partial charge in [0.1, 0.15) is 0 Å². The van der Waals surface area contributed by atoms with Crippen LogP contribution in [-0.4, -0.2) is 24.8 Å². The monoisotopic (exact) mass is 227 g/mol. The Morgan fingerprint density at radius 3 is 2.62 bits per heavy atom. The van der Waals surface area contributed by atoms with Crippen LogP contribution in [0, 0.1) is 5.92 Å². The van der Waals surface area contributed by atoms with E-state index in [0.717, 1.165) is 31.5 Å². The minimum atomic E-state index is 0.0618. The molecule has 1 rings (SSSR count). The highest BCUT2D eigenvalue weighted by Crippen LogP contribution is 2.29. The van der Waals surface area contributed by atoms with E-state index in [4.69, 9.17) is 4.74 Å². The Bertz CT molecular complexity index is 191. The van der Waals surface area contributed by atoms with Crippen LogP contribution in [0.3, 0.4) is 0 Å². The van der Waals surface area contributed by atoms with E-state index in [-0.39, 0.29) is 5.60 Å². The molecule has 0 bridgehead atoms. The summed E-state index contributed by atoms with van der Waals surface area (Å²) < 4.78 is 5.94. The van der Waals surface area contributed by atoms with E-state index in [2.05, 4.69) is 33.0 Å². The van der Waals surface area contributed by atoms with Gasteiger partial charge < -0.3 is 10.1 Å². The molecule has 1 N–H and O–H groups in total. The van der Waals surface area contributed by atoms with Gasteiger partial charge in [0.25, 0.3) is 0 Å². The highest BCUT2D eigenvalue weighted by Gasteiger charge is 2.26. The maximum absolute atomic E-state index is 5.94. The molecule has 16 heavy (non-hydrogen) atoms. The van der Waals surface area contributed by atoms with Gasteiger partial charge in [-0.1, -0.05) is 20.3 Å². The third-order valence-corrected chi connectivity index (χ3v) is 3.96. The summed E-state index contributed by atoms with van der Waals surface area (Å²) in [4.78, 5) is 0. The molecule has 1 aliphatic carbocycles. The molecular weight excluding hydrogens is 198 g/mol. The molecule has 0 heterocycles. The van der Waals surface area contributed by atoms with Crippen LogP contribution in [0.2, 0.25) is 0 Å². The van der Waals surface area contributed by atoms with Crippen LogP contribution in [0.25, 0.3) is 0 Å². The first-order valence-corrected chi connectivity index (χ1v) is 6.96. The zero-order valence-electron chi connectivity index (χ0n) is 11.5. The smallest absolute Gasteiger partial charge is 0.0623 e. The highest BCUT2D eigenvalue weighted by atomic mass is 16.5. The quantitative estimate of drug-likeness (QED) is 0.720. The van der Waals surface area contributed by atoms with Crippen LogP contribution < -0.4 is 5.32 Å². The third kappa shape index (κ3) is 4.42. The van der Waals surface area contributed by atoms with Gasteiger partial charge in [-0.05, 0) is 52.0 Å². The van der Waals surface area contributed by atoms with Gasteiger partial charge in [-0.2, -0.15) is 0 Å². The van der Waals surface area contributed by atoms with Crippen LogP contribution in [0.4, 0.5) is 0 Å². The lowest BCUT2D eigenvalue weighted by atomic mass is 9.99. The second kappa shape index (κ2) is 6.61. The fourth-order valence-electron chi connectivity index (χ4n) is 2.50. The first-order valence-electron chi connectivity index (χ1n) is 6.96. The zero-order chi connectivity index (χ0) is 12.0. The van der Waals surface area contributed by atoms with E-state index >= 15 is 0 Å². The summed E-state index contributed by atoms with van der Waals surface area (Å²) in [5, 5.41) is 3.60. The van der Waals surface area contributed by atoms with Gasteiger partial charge in [0, 0.05) is 12.6 Å². The SMILES string of the molecule is CCNC1CCCC1CCOC(C)(C)CC. The lowest BCUT2D eigenvalue weighted by molar-refractivity contribution is -0.0264. The van der Waals surface area contributed by atoms with Gasteiger partial charge in [0.15, 0.2) is 0 Å². The molecule has 0 aliphatic heterocycles. The third-order valence-electron chi connectivity index (χ3n) is 3.96. The maximum Gasteiger partial charge on any atom is 0.0623 e. The van der Waals surface area contributed by atoms with Crippen molar-refractivity contribution in [2.45, 2.75) is 71.4 Å². The molecule has 2 atom stereocenters. The predicted molar refractivity (Wildman–Crippen MR) is 69.7 cm³/mol. The Morgan fingerprint density at radius 2 is 2.00 bits per heavy atom. The van der Waals surface area contributed by atoms with Crippen LogP contribution in [0.1, 0.15) is 59.8 Å². The molecule has 0 aromatic heterocycles. The standard InChI is InChI=1S/C14H29NO/c1-5-14(3,4)16-11-10-12-8-7-9-13(12)15-6-2/h12-13,15H,5-11H2,1-4H3. The number of rotatable bonds is 7. The molecule has 0 saturated heterocycles. The second-order valence-electron chi connectivity index (χ2n) is 5.61. The highest BCUT2D eigenvalue weighted by molar-refractivity contribution is 4.82. The first-order chi connectivity index (χ1) is 7.59. The summed E-state index contributed by atoms with van der Waals surface area (Å²) in [5.41, 5.74) is 0.0618. The van der Waals surface area contributed by atoms with Gasteiger partial charge in [0.2, 0.25) is 0 Å². The molecule has 2 unspecified atom stereocenters. The fourth-order valence-corrected chi connectivity index (χ4v) is 2.50. The topological polar surface area (TPSA) is 21.3 Å². The van der Waals surface area contributed by atoms with Crippen molar-refractivity contribution in [3.63, 3.8) is 0 Å². The summed E-state index contributed by atoms with van der Waals surface area (Å²) in [7, 11) is 0. The Labute approximate surface area is 101 Å². The molecule has 0 radical (unpaired) electrons. The van der Waals surface area contributed by atoms with Gasteiger partial charge in [0.05, 0.1) is 5.60 Å². The van der Waals surface area contributed by atoms with Crippen molar-refractivity contribution >= 4 is 0 Å². The lowest BCUT2D eigenvalue weighted by Gasteiger charge is -2.26. The van der Waals surface area contributed by atoms with Crippen LogP contribution in [0.15, 0.2) is 0 Å². The van der Waals surface area contributed by atoms with E-state index in [9.17, 15) is 0 Å². The molecule has 0 spiro atoms. The summed E-state index contributed by atoms with van der Waals surface area (Å²) in [5.74, 6) is 0.840. The molecule has 0 amide bonds. The van der Waals surface area contributed by atoms with Crippen molar-refractivity contribution in [1.29, 1.82) is 0 Å². The number of ether oxygens (including phenoxy) is 1. The molecule has 1 saturated carbocycles. The van der Waals surface area contributed by atoms with E-state index < -0.39 is 0 Å². The molecule has 96 valence electrons. The number of nitrogens with one attached hydrogen (secondary N) is 1. The number of hydrogen-bond acceptors (Lipinski definition) is 2. The van der Waals surface area contributed by atoms with Gasteiger partial charge >= 0.3 is 0 Å². The average Bonchev–Trinajstić information content (AvgIpc) is 2.66. The van der Waals surface area contributed by atoms with Crippen molar-refractivity contribution in [2.24, 2.45) is 5.92 Å². The summed E-state index contributed by atoms with van der Waals surface area (Å²) >= 11 is 0. The minimum absolute atomic E-state index is 0.0618. The zero-order valence-corrected chi connectivity index (χ0v) is 11.5. The van der Waals surface area contributed by atoms with Crippen molar-refractivity contribution in [2.75, 3.05) is 13.2 Å². The van der Waals surface area contributed by atoms with E-state index in [1.807, 2.05) is 0 Å². The molecule has 0 aromatic carbocycles. The Balaban J connectivity index is 2.21. The lowest BCUT2D eigenvalue weighted by Crippen LogP contribution is -2.33. The Hall–Kier alpha value is -0.0800. The average molecular weight is 227 g/mol. The second-order valence-corrected chi connectivity index (χ2v) is 5.61. The van der Waals surface area contributed by atoms with Gasteiger partial charge in [-0.25, -0.2) is 0 Å². The Kier molecular flexibility index (Phi) is 5.77. The summed E-state index contributed by atoms with van der Waals surface area (Å²) in [6.45, 7) is 10.8. The Morgan fingerprint density at radius 1 is 1.25 bits per heavy atom. The normalized spacial score (nSPS) is 26.2. The van der Waals surface area contributed by atoms with Crippen molar-refractivity contribution in [3.05, 3.63) is 0 Å². The largest absolute Gasteiger partial charge is 0.376 e. The van der Waals surface area contributed by atoms with Crippen LogP contribution >= 0.6 is 0 Å². The first kappa shape index (κ1) is 14.0. The maximum atomic E-state index is 5.94. The van der Waals surface area contributed by atoms with Crippen molar-refractivity contribution in [1.82, 2.24) is 5.32 Å². The van der Waals surface area contributed by atoms with E-state index in [0.29, 0.717) is 0 Å². The summed E-state index contributed by atoms with van der Waals surface area (Å²) in [6, 6.07) is 0.748. The predicted octanol–water partition coefficient (Wildman–Crippen LogP) is 3.36. The molecule has 1 fully saturated rings. The number of hydrogen-bond donors (Lipinski definition) is 1. The molecule has 2 nitrogen and oxygen atoms in total. The fraction of sp³-hybridized carbons (Fsp3) is 1.00. The molecule has 0 aromatic rings. The van der Waals surface area contributed by atoms with E-state index in [1.54, 1.807) is 0 Å². The van der Waals surface area contributed by atoms with Crippen LogP contribution in [0.5, 0.6) is 0 Å². The van der Waals surface area contributed by atoms with Gasteiger partial charge in [-0.3, -0.25) is 0 Å². The molecule has 1 aliphatic rings. The van der Waals surface area contributed by atoms with Crippen molar-refractivity contribution < 1.29 is 4.74 Å².